The van der Waals surface area contributed by atoms with Crippen molar-refractivity contribution in [1.82, 2.24) is 10.2 Å². The predicted octanol–water partition coefficient (Wildman–Crippen LogP) is -1.91. The number of nitrogens with one attached hydrogen (secondary N) is 1. The van der Waals surface area contributed by atoms with Gasteiger partial charge in [0.2, 0.25) is 0 Å². The molecule has 0 aromatic carbocycles. The van der Waals surface area contributed by atoms with Crippen molar-refractivity contribution in [3.63, 3.8) is 0 Å². The van der Waals surface area contributed by atoms with Gasteiger partial charge in [-0.15, -0.1) is 0 Å². The average molecular weight is 188 g/mol. The summed E-state index contributed by atoms with van der Waals surface area (Å²) in [6.07, 6.45) is -1.90. The standard InChI is InChI=1S/C7H12N2O4/c1-9-6-5(11)4(8-7(9)12)3(2-10)13-6/h3-6,10-11H,2H2,1H3,(H,8,12). The number of aliphatic hydroxyl groups excluding tert-OH is 2. The van der Waals surface area contributed by atoms with Crippen molar-refractivity contribution < 1.29 is 19.7 Å². The summed E-state index contributed by atoms with van der Waals surface area (Å²) in [5, 5.41) is 21.1. The number of amides is 2. The summed E-state index contributed by atoms with van der Waals surface area (Å²) in [5.74, 6) is 0. The summed E-state index contributed by atoms with van der Waals surface area (Å²) in [6, 6.07) is -0.769. The van der Waals surface area contributed by atoms with Gasteiger partial charge in [-0.2, -0.15) is 0 Å². The zero-order valence-corrected chi connectivity index (χ0v) is 7.17. The van der Waals surface area contributed by atoms with Crippen LogP contribution in [0.1, 0.15) is 0 Å². The quantitative estimate of drug-likeness (QED) is 0.448. The Kier molecular flexibility index (Phi) is 1.90. The van der Waals surface area contributed by atoms with E-state index in [-0.39, 0.29) is 12.6 Å². The predicted molar refractivity (Wildman–Crippen MR) is 41.8 cm³/mol. The number of hydrogen-bond acceptors (Lipinski definition) is 4. The van der Waals surface area contributed by atoms with E-state index in [9.17, 15) is 9.90 Å². The minimum atomic E-state index is -0.764. The third-order valence-electron chi connectivity index (χ3n) is 2.55. The number of ether oxygens (including phenoxy) is 1. The van der Waals surface area contributed by atoms with Gasteiger partial charge in [-0.25, -0.2) is 4.79 Å². The highest BCUT2D eigenvalue weighted by atomic mass is 16.6. The topological polar surface area (TPSA) is 82.0 Å². The number of aliphatic hydroxyl groups is 2. The van der Waals surface area contributed by atoms with E-state index in [0.29, 0.717) is 0 Å². The first-order valence-corrected chi connectivity index (χ1v) is 4.13. The molecule has 0 saturated carbocycles. The normalized spacial score (nSPS) is 43.6. The van der Waals surface area contributed by atoms with Gasteiger partial charge in [0.05, 0.1) is 12.6 Å². The molecule has 6 nitrogen and oxygen atoms in total. The molecule has 0 radical (unpaired) electrons. The van der Waals surface area contributed by atoms with Gasteiger partial charge in [0.25, 0.3) is 0 Å². The minimum Gasteiger partial charge on any atom is -0.394 e. The zero-order valence-electron chi connectivity index (χ0n) is 7.17. The third-order valence-corrected chi connectivity index (χ3v) is 2.55. The number of carbonyl (C=O) groups excluding carboxylic acids is 1. The lowest BCUT2D eigenvalue weighted by atomic mass is 10.1. The number of fused-ring (bicyclic) bond motifs is 2. The van der Waals surface area contributed by atoms with Crippen molar-refractivity contribution >= 4 is 6.03 Å². The van der Waals surface area contributed by atoms with Crippen LogP contribution >= 0.6 is 0 Å². The van der Waals surface area contributed by atoms with Gasteiger partial charge in [-0.3, -0.25) is 4.90 Å². The van der Waals surface area contributed by atoms with Gasteiger partial charge < -0.3 is 20.3 Å². The van der Waals surface area contributed by atoms with Crippen molar-refractivity contribution in [3.05, 3.63) is 0 Å². The maximum absolute atomic E-state index is 11.2. The second kappa shape index (κ2) is 2.83. The molecule has 0 aliphatic carbocycles. The highest BCUT2D eigenvalue weighted by molar-refractivity contribution is 5.76. The molecular formula is C7H12N2O4. The highest BCUT2D eigenvalue weighted by Gasteiger charge is 2.51. The highest BCUT2D eigenvalue weighted by Crippen LogP contribution is 2.26. The molecule has 4 unspecified atom stereocenters. The Balaban J connectivity index is 2.21. The van der Waals surface area contributed by atoms with Crippen LogP contribution in [0, 0.1) is 0 Å². The van der Waals surface area contributed by atoms with Gasteiger partial charge in [0, 0.05) is 7.05 Å². The van der Waals surface area contributed by atoms with Crippen LogP contribution in [0.5, 0.6) is 0 Å². The Morgan fingerprint density at radius 2 is 2.38 bits per heavy atom. The second-order valence-corrected chi connectivity index (χ2v) is 3.32. The van der Waals surface area contributed by atoms with Gasteiger partial charge in [0.1, 0.15) is 12.2 Å². The molecule has 2 fully saturated rings. The number of carbonyl (C=O) groups is 1. The molecule has 4 atom stereocenters. The smallest absolute Gasteiger partial charge is 0.319 e. The van der Waals surface area contributed by atoms with E-state index >= 15 is 0 Å². The van der Waals surface area contributed by atoms with Crippen LogP contribution in [0.2, 0.25) is 0 Å². The lowest BCUT2D eigenvalue weighted by Gasteiger charge is -2.32. The fraction of sp³-hybridized carbons (Fsp3) is 0.857. The molecule has 6 heteroatoms. The Morgan fingerprint density at radius 3 is 3.00 bits per heavy atom. The van der Waals surface area contributed by atoms with Crippen LogP contribution in [-0.2, 0) is 4.74 Å². The number of urea groups is 1. The van der Waals surface area contributed by atoms with Gasteiger partial charge in [0.15, 0.2) is 6.23 Å². The number of nitrogens with zero attached hydrogens (tertiary/aromatic N) is 1. The van der Waals surface area contributed by atoms with Gasteiger partial charge in [-0.1, -0.05) is 0 Å². The number of likely N-dealkylation sites (N-methyl/N-ethyl adjacent to an activating group) is 1. The molecule has 2 bridgehead atoms. The maximum atomic E-state index is 11.2. The summed E-state index contributed by atoms with van der Waals surface area (Å²) in [5.41, 5.74) is 0. The lowest BCUT2D eigenvalue weighted by molar-refractivity contribution is -0.0698. The summed E-state index contributed by atoms with van der Waals surface area (Å²) in [4.78, 5) is 12.5. The monoisotopic (exact) mass is 188 g/mol. The molecule has 13 heavy (non-hydrogen) atoms. The molecule has 0 aromatic rings. The zero-order chi connectivity index (χ0) is 9.59. The van der Waals surface area contributed by atoms with Crippen LogP contribution in [0.25, 0.3) is 0 Å². The maximum Gasteiger partial charge on any atom is 0.319 e. The number of hydrogen-bond donors (Lipinski definition) is 3. The van der Waals surface area contributed by atoms with E-state index in [1.807, 2.05) is 0 Å². The van der Waals surface area contributed by atoms with Crippen LogP contribution < -0.4 is 5.32 Å². The Morgan fingerprint density at radius 1 is 1.69 bits per heavy atom. The molecule has 74 valence electrons. The molecule has 2 heterocycles. The van der Waals surface area contributed by atoms with Crippen molar-refractivity contribution in [2.24, 2.45) is 0 Å². The first kappa shape index (κ1) is 8.74. The summed E-state index contributed by atoms with van der Waals surface area (Å²) < 4.78 is 5.27. The summed E-state index contributed by atoms with van der Waals surface area (Å²) in [7, 11) is 1.54. The molecule has 2 rings (SSSR count). The minimum absolute atomic E-state index is 0.202. The van der Waals surface area contributed by atoms with E-state index < -0.39 is 24.5 Å². The van der Waals surface area contributed by atoms with Crippen LogP contribution in [0.4, 0.5) is 4.79 Å². The van der Waals surface area contributed by atoms with E-state index in [1.165, 1.54) is 4.90 Å². The summed E-state index contributed by atoms with van der Waals surface area (Å²) >= 11 is 0. The van der Waals surface area contributed by atoms with E-state index in [2.05, 4.69) is 5.32 Å². The Bertz CT molecular complexity index is 231. The third kappa shape index (κ3) is 1.10. The van der Waals surface area contributed by atoms with Crippen LogP contribution in [-0.4, -0.2) is 59.3 Å². The molecule has 3 N–H and O–H groups in total. The first-order chi connectivity index (χ1) is 6.15. The van der Waals surface area contributed by atoms with Crippen molar-refractivity contribution in [2.45, 2.75) is 24.5 Å². The molecule has 0 spiro atoms. The molecule has 2 saturated heterocycles. The summed E-state index contributed by atoms with van der Waals surface area (Å²) in [6.45, 7) is -0.202. The molecule has 2 aliphatic rings. The van der Waals surface area contributed by atoms with Crippen LogP contribution in [0.15, 0.2) is 0 Å². The molecular weight excluding hydrogens is 176 g/mol. The largest absolute Gasteiger partial charge is 0.394 e. The fourth-order valence-corrected chi connectivity index (χ4v) is 1.76. The van der Waals surface area contributed by atoms with E-state index in [4.69, 9.17) is 9.84 Å². The SMILES string of the molecule is CN1C(=O)NC2C(CO)OC1C2O. The second-order valence-electron chi connectivity index (χ2n) is 3.32. The Hall–Kier alpha value is -0.850. The lowest BCUT2D eigenvalue weighted by Crippen LogP contribution is -2.60. The Labute approximate surface area is 75.1 Å². The molecule has 0 aromatic heterocycles. The fourth-order valence-electron chi connectivity index (χ4n) is 1.76. The average Bonchev–Trinajstić information content (AvgIpc) is 2.35. The van der Waals surface area contributed by atoms with Crippen LogP contribution in [0.3, 0.4) is 0 Å². The van der Waals surface area contributed by atoms with Gasteiger partial charge in [-0.05, 0) is 0 Å². The molecule has 2 amide bonds. The molecule has 2 aliphatic heterocycles. The van der Waals surface area contributed by atoms with Crippen molar-refractivity contribution in [3.8, 4) is 0 Å². The van der Waals surface area contributed by atoms with Gasteiger partial charge >= 0.3 is 6.03 Å². The van der Waals surface area contributed by atoms with E-state index in [1.54, 1.807) is 7.05 Å². The number of rotatable bonds is 1. The van der Waals surface area contributed by atoms with E-state index in [0.717, 1.165) is 0 Å². The van der Waals surface area contributed by atoms with Crippen molar-refractivity contribution in [1.29, 1.82) is 0 Å². The first-order valence-electron chi connectivity index (χ1n) is 4.13. The van der Waals surface area contributed by atoms with Crippen molar-refractivity contribution in [2.75, 3.05) is 13.7 Å².